The van der Waals surface area contributed by atoms with Crippen molar-refractivity contribution in [3.05, 3.63) is 70.2 Å². The Morgan fingerprint density at radius 3 is 2.69 bits per heavy atom. The average Bonchev–Trinajstić information content (AvgIpc) is 3.00. The lowest BCUT2D eigenvalue weighted by atomic mass is 9.73. The molecule has 2 aromatic rings. The molecule has 1 amide bonds. The molecule has 1 aliphatic carbocycles. The molecule has 29 heavy (non-hydrogen) atoms. The summed E-state index contributed by atoms with van der Waals surface area (Å²) in [6.45, 7) is 0.892. The molecule has 0 aromatic heterocycles. The van der Waals surface area contributed by atoms with Crippen molar-refractivity contribution in [2.24, 2.45) is 5.92 Å². The Balaban J connectivity index is 1.68. The zero-order valence-electron chi connectivity index (χ0n) is 15.7. The first-order chi connectivity index (χ1) is 13.8. The van der Waals surface area contributed by atoms with Crippen molar-refractivity contribution in [2.75, 3.05) is 6.54 Å². The summed E-state index contributed by atoms with van der Waals surface area (Å²) in [5, 5.41) is 6.61. The minimum absolute atomic E-state index is 0.000661. The van der Waals surface area contributed by atoms with Gasteiger partial charge in [-0.05, 0) is 55.5 Å². The Morgan fingerprint density at radius 2 is 1.97 bits per heavy atom. The highest BCUT2D eigenvalue weighted by molar-refractivity contribution is 6.33. The second-order valence-electron chi connectivity index (χ2n) is 8.01. The minimum Gasteiger partial charge on any atom is -0.343 e. The molecule has 7 heteroatoms. The third kappa shape index (κ3) is 4.01. The van der Waals surface area contributed by atoms with E-state index in [4.69, 9.17) is 11.6 Å². The number of benzene rings is 2. The van der Waals surface area contributed by atoms with Crippen LogP contribution in [0.4, 0.5) is 13.2 Å². The first-order valence-corrected chi connectivity index (χ1v) is 10.1. The number of alkyl halides is 3. The molecular weight excluding hydrogens is 401 g/mol. The maximum absolute atomic E-state index is 13.1. The SMILES string of the molecule is O=C(NC(c1ccccc1)C12CCCC(CN1)C2)c1cc(C(F)(F)F)ccc1Cl. The lowest BCUT2D eigenvalue weighted by Gasteiger charge is -2.41. The standard InChI is InChI=1S/C22H22ClF3N2O/c23-18-9-8-16(22(24,25)26)11-17(18)20(29)28-19(15-6-2-1-3-7-15)21-10-4-5-14(12-21)13-27-21/h1-3,6-9,11,14,19,27H,4-5,10,12-13H2,(H,28,29). The van der Waals surface area contributed by atoms with Crippen molar-refractivity contribution >= 4 is 17.5 Å². The second-order valence-corrected chi connectivity index (χ2v) is 8.42. The van der Waals surface area contributed by atoms with Gasteiger partial charge < -0.3 is 10.6 Å². The van der Waals surface area contributed by atoms with Crippen molar-refractivity contribution in [1.82, 2.24) is 10.6 Å². The second kappa shape index (κ2) is 7.65. The highest BCUT2D eigenvalue weighted by Gasteiger charge is 2.48. The van der Waals surface area contributed by atoms with Crippen LogP contribution in [0, 0.1) is 5.92 Å². The molecule has 3 atom stereocenters. The van der Waals surface area contributed by atoms with Crippen molar-refractivity contribution in [3.8, 4) is 0 Å². The molecule has 3 nitrogen and oxygen atoms in total. The molecule has 0 radical (unpaired) electrons. The van der Waals surface area contributed by atoms with E-state index in [1.165, 1.54) is 0 Å². The van der Waals surface area contributed by atoms with E-state index in [-0.39, 0.29) is 22.2 Å². The lowest BCUT2D eigenvalue weighted by molar-refractivity contribution is -0.137. The van der Waals surface area contributed by atoms with Gasteiger partial charge in [-0.25, -0.2) is 0 Å². The largest absolute Gasteiger partial charge is 0.416 e. The summed E-state index contributed by atoms with van der Waals surface area (Å²) in [6.07, 6.45) is -0.492. The summed E-state index contributed by atoms with van der Waals surface area (Å²) in [5.74, 6) is -0.0378. The Morgan fingerprint density at radius 1 is 1.21 bits per heavy atom. The summed E-state index contributed by atoms with van der Waals surface area (Å²) in [6, 6.07) is 12.1. The van der Waals surface area contributed by atoms with Gasteiger partial charge in [0.25, 0.3) is 5.91 Å². The maximum Gasteiger partial charge on any atom is 0.416 e. The summed E-state index contributed by atoms with van der Waals surface area (Å²) >= 11 is 6.09. The number of fused-ring (bicyclic) bond motifs is 2. The molecule has 154 valence electrons. The lowest BCUT2D eigenvalue weighted by Crippen LogP contribution is -2.52. The number of amides is 1. The molecule has 2 N–H and O–H groups in total. The van der Waals surface area contributed by atoms with E-state index >= 15 is 0 Å². The van der Waals surface area contributed by atoms with Gasteiger partial charge in [-0.2, -0.15) is 13.2 Å². The van der Waals surface area contributed by atoms with Crippen molar-refractivity contribution in [3.63, 3.8) is 0 Å². The van der Waals surface area contributed by atoms with E-state index in [0.717, 1.165) is 56.0 Å². The summed E-state index contributed by atoms with van der Waals surface area (Å²) in [4.78, 5) is 13.1. The van der Waals surface area contributed by atoms with Crippen LogP contribution < -0.4 is 10.6 Å². The number of halogens is 4. The highest BCUT2D eigenvalue weighted by atomic mass is 35.5. The highest BCUT2D eigenvalue weighted by Crippen LogP contribution is 2.45. The fourth-order valence-electron chi connectivity index (χ4n) is 4.74. The van der Waals surface area contributed by atoms with Crippen molar-refractivity contribution in [1.29, 1.82) is 0 Å². The zero-order valence-corrected chi connectivity index (χ0v) is 16.5. The van der Waals surface area contributed by atoms with E-state index in [1.54, 1.807) is 0 Å². The van der Waals surface area contributed by atoms with Crippen LogP contribution in [0.1, 0.15) is 53.2 Å². The van der Waals surface area contributed by atoms with Gasteiger partial charge in [-0.15, -0.1) is 0 Å². The molecule has 4 rings (SSSR count). The van der Waals surface area contributed by atoms with Crippen LogP contribution in [0.25, 0.3) is 0 Å². The first kappa shape index (κ1) is 20.2. The Kier molecular flexibility index (Phi) is 5.34. The molecule has 2 fully saturated rings. The number of hydrogen-bond acceptors (Lipinski definition) is 2. The van der Waals surface area contributed by atoms with Crippen LogP contribution in [0.2, 0.25) is 5.02 Å². The fourth-order valence-corrected chi connectivity index (χ4v) is 4.95. The Labute approximate surface area is 172 Å². The van der Waals surface area contributed by atoms with Crippen molar-refractivity contribution < 1.29 is 18.0 Å². The topological polar surface area (TPSA) is 41.1 Å². The van der Waals surface area contributed by atoms with Crippen LogP contribution in [0.15, 0.2) is 48.5 Å². The maximum atomic E-state index is 13.1. The quantitative estimate of drug-likeness (QED) is 0.696. The zero-order chi connectivity index (χ0) is 20.6. The number of carbonyl (C=O) groups excluding carboxylic acids is 1. The molecule has 1 saturated heterocycles. The van der Waals surface area contributed by atoms with Gasteiger partial charge in [0.05, 0.1) is 22.2 Å². The Bertz CT molecular complexity index is 899. The van der Waals surface area contributed by atoms with Gasteiger partial charge in [0, 0.05) is 5.54 Å². The fraction of sp³-hybridized carbons (Fsp3) is 0.409. The summed E-state index contributed by atoms with van der Waals surface area (Å²) < 4.78 is 39.4. The van der Waals surface area contributed by atoms with Crippen LogP contribution in [0.5, 0.6) is 0 Å². The predicted molar refractivity (Wildman–Crippen MR) is 106 cm³/mol. The minimum atomic E-state index is -4.54. The number of nitrogens with one attached hydrogen (secondary N) is 2. The number of rotatable bonds is 4. The molecule has 3 unspecified atom stereocenters. The third-order valence-electron chi connectivity index (χ3n) is 6.13. The normalized spacial score (nSPS) is 24.9. The molecule has 1 aliphatic heterocycles. The molecular formula is C22H22ClF3N2O. The van der Waals surface area contributed by atoms with Gasteiger partial charge >= 0.3 is 6.18 Å². The van der Waals surface area contributed by atoms with Crippen LogP contribution in [-0.4, -0.2) is 18.0 Å². The van der Waals surface area contributed by atoms with Gasteiger partial charge in [0.2, 0.25) is 0 Å². The van der Waals surface area contributed by atoms with Crippen LogP contribution >= 0.6 is 11.6 Å². The molecule has 2 aliphatic rings. The van der Waals surface area contributed by atoms with Gasteiger partial charge in [0.15, 0.2) is 0 Å². The van der Waals surface area contributed by atoms with Gasteiger partial charge in [-0.1, -0.05) is 48.4 Å². The smallest absolute Gasteiger partial charge is 0.343 e. The summed E-state index contributed by atoms with van der Waals surface area (Å²) in [5.41, 5.74) is -0.421. The number of hydrogen-bond donors (Lipinski definition) is 2. The molecule has 0 spiro atoms. The molecule has 2 aromatic carbocycles. The molecule has 2 bridgehead atoms. The van der Waals surface area contributed by atoms with E-state index in [9.17, 15) is 18.0 Å². The molecule has 1 heterocycles. The van der Waals surface area contributed by atoms with E-state index in [2.05, 4.69) is 10.6 Å². The monoisotopic (exact) mass is 422 g/mol. The Hall–Kier alpha value is -2.05. The van der Waals surface area contributed by atoms with Gasteiger partial charge in [-0.3, -0.25) is 4.79 Å². The van der Waals surface area contributed by atoms with E-state index in [0.29, 0.717) is 5.92 Å². The molecule has 1 saturated carbocycles. The van der Waals surface area contributed by atoms with E-state index < -0.39 is 17.6 Å². The van der Waals surface area contributed by atoms with Crippen LogP contribution in [0.3, 0.4) is 0 Å². The van der Waals surface area contributed by atoms with E-state index in [1.807, 2.05) is 30.3 Å². The van der Waals surface area contributed by atoms with Gasteiger partial charge in [0.1, 0.15) is 0 Å². The summed E-state index contributed by atoms with van der Waals surface area (Å²) in [7, 11) is 0. The van der Waals surface area contributed by atoms with Crippen LogP contribution in [-0.2, 0) is 6.18 Å². The predicted octanol–water partition coefficient (Wildman–Crippen LogP) is 5.36. The third-order valence-corrected chi connectivity index (χ3v) is 6.46. The first-order valence-electron chi connectivity index (χ1n) is 9.76. The van der Waals surface area contributed by atoms with Crippen molar-refractivity contribution in [2.45, 2.75) is 43.4 Å². The average molecular weight is 423 g/mol. The number of carbonyl (C=O) groups is 1.